The molecule has 67 heavy (non-hydrogen) atoms. The number of carbonyl (C=O) groups excluding carboxylic acids is 4. The van der Waals surface area contributed by atoms with Gasteiger partial charge in [0, 0.05) is 0 Å². The van der Waals surface area contributed by atoms with Crippen LogP contribution >= 0.6 is 0 Å². The Morgan fingerprint density at radius 3 is 0.627 bits per heavy atom. The molecule has 10 aliphatic rings. The average molecular weight is 907 g/mol. The molecule has 4 nitrogen and oxygen atoms in total. The van der Waals surface area contributed by atoms with Crippen molar-refractivity contribution < 1.29 is 25.7 Å². The zero-order valence-corrected chi connectivity index (χ0v) is 37.3. The zero-order chi connectivity index (χ0) is 44.7. The third-order valence-corrected chi connectivity index (χ3v) is 71.5. The van der Waals surface area contributed by atoms with Crippen molar-refractivity contribution in [3.05, 3.63) is 285 Å². The summed E-state index contributed by atoms with van der Waals surface area (Å²) in [6.07, 6.45) is 3.89. The van der Waals surface area contributed by atoms with Gasteiger partial charge in [0.15, 0.2) is 0 Å². The van der Waals surface area contributed by atoms with E-state index in [1.54, 1.807) is 0 Å². The SMILES string of the molecule is O=Cc1ccc([C]23[CH]4[C]5(c6ccc(C=O)cc6)[C]6(c7ccccc7)[C]2(c2ccccc2)[Fe]43562789[CH]3[C]2(c2ccc(C=O)cc2)[C]7(c2ccccc2)[C]8(c2ccccc2)[C]39c2ccc(C=O)cc2)cc1. The van der Waals surface area contributed by atoms with E-state index in [0.29, 0.717) is 22.3 Å². The second-order valence-corrected chi connectivity index (χ2v) is 43.9. The van der Waals surface area contributed by atoms with Gasteiger partial charge in [0.25, 0.3) is 0 Å². The van der Waals surface area contributed by atoms with Crippen LogP contribution in [0.1, 0.15) is 85.9 Å². The fourth-order valence-electron chi connectivity index (χ4n) is 31.0. The van der Waals surface area contributed by atoms with E-state index in [9.17, 15) is 19.2 Å². The van der Waals surface area contributed by atoms with Gasteiger partial charge in [-0.05, 0) is 0 Å². The molecular weight excluding hydrogens is 865 g/mol. The van der Waals surface area contributed by atoms with Crippen molar-refractivity contribution in [3.8, 4) is 0 Å². The molecular formula is C62H42FeO4. The van der Waals surface area contributed by atoms with E-state index in [1.807, 2.05) is 0 Å². The van der Waals surface area contributed by atoms with Gasteiger partial charge < -0.3 is 0 Å². The number of aldehydes is 4. The van der Waals surface area contributed by atoms with Crippen LogP contribution in [0.15, 0.2) is 218 Å². The molecule has 10 heterocycles. The van der Waals surface area contributed by atoms with E-state index < -0.39 is 23.8 Å². The van der Waals surface area contributed by atoms with Crippen LogP contribution in [0.2, 0.25) is 9.63 Å². The van der Waals surface area contributed by atoms with Gasteiger partial charge in [0.2, 0.25) is 0 Å². The van der Waals surface area contributed by atoms with Gasteiger partial charge in [0.1, 0.15) is 0 Å². The minimum absolute atomic E-state index is 0.223. The second kappa shape index (κ2) is 7.02. The van der Waals surface area contributed by atoms with E-state index in [4.69, 9.17) is 0 Å². The third kappa shape index (κ3) is 1.03. The molecule has 5 heteroatoms. The fraction of sp³-hybridized carbons (Fsp3) is 0.161. The Morgan fingerprint density at radius 2 is 0.448 bits per heavy atom. The first-order valence-electron chi connectivity index (χ1n) is 23.5. The predicted molar refractivity (Wildman–Crippen MR) is 254 cm³/mol. The zero-order valence-electron chi connectivity index (χ0n) is 36.2. The van der Waals surface area contributed by atoms with Crippen molar-refractivity contribution in [2.75, 3.05) is 0 Å². The molecule has 322 valence electrons. The van der Waals surface area contributed by atoms with Crippen LogP contribution in [0, 0.1) is 0 Å². The number of hydrogen-bond donors (Lipinski definition) is 0. The predicted octanol–water partition coefficient (Wildman–Crippen LogP) is 11.5. The Labute approximate surface area is 378 Å². The molecule has 1 spiro atoms. The van der Waals surface area contributed by atoms with E-state index in [0.717, 1.165) is 25.1 Å². The number of rotatable bonds is 12. The van der Waals surface area contributed by atoms with E-state index in [1.165, 1.54) is 44.5 Å². The standard InChI is InChI=1S/2C31H21O2.Fe/c2*32-20-22-11-15-24(16-12-22)28-19-29(25-17-13-23(21-33)14-18-25)31(27-9-5-2-6-10-27)30(28)26-7-3-1-4-8-26;/h2*1-21H;. The molecule has 8 atom stereocenters. The molecule has 8 aromatic rings. The summed E-state index contributed by atoms with van der Waals surface area (Å²) in [5, 5.41) is 0. The van der Waals surface area contributed by atoms with Crippen molar-refractivity contribution in [1.82, 2.24) is 0 Å². The molecule has 0 aliphatic carbocycles. The van der Waals surface area contributed by atoms with Gasteiger partial charge in [-0.2, -0.15) is 0 Å². The third-order valence-electron chi connectivity index (χ3n) is 26.3. The molecule has 0 N–H and O–H groups in total. The molecule has 18 rings (SSSR count). The number of hydrogen-bond acceptors (Lipinski definition) is 4. The molecule has 10 saturated heterocycles. The Bertz CT molecular complexity index is 3590. The quantitative estimate of drug-likeness (QED) is 0.0905. The van der Waals surface area contributed by atoms with Gasteiger partial charge in [-0.3, -0.25) is 0 Å². The number of benzene rings is 8. The van der Waals surface area contributed by atoms with Gasteiger partial charge in [-0.1, -0.05) is 0 Å². The van der Waals surface area contributed by atoms with Gasteiger partial charge in [-0.15, -0.1) is 0 Å². The molecule has 0 aromatic heterocycles. The summed E-state index contributed by atoms with van der Waals surface area (Å²) >= 11 is 0. The summed E-state index contributed by atoms with van der Waals surface area (Å²) in [7, 11) is 0. The fourth-order valence-corrected chi connectivity index (χ4v) is 118. The van der Waals surface area contributed by atoms with Crippen molar-refractivity contribution in [3.63, 3.8) is 0 Å². The molecule has 0 amide bonds. The number of carbonyl (C=O) groups is 4. The van der Waals surface area contributed by atoms with E-state index in [2.05, 4.69) is 218 Å². The Hall–Kier alpha value is -7.04. The van der Waals surface area contributed by atoms with Crippen LogP contribution in [-0.2, 0) is 41.0 Å². The first-order valence-corrected chi connectivity index (χ1v) is 29.2. The molecule has 0 bridgehead atoms. The Kier molecular flexibility index (Phi) is 3.69. The molecule has 8 aromatic carbocycles. The summed E-state index contributed by atoms with van der Waals surface area (Å²) in [4.78, 5) is 51.2. The van der Waals surface area contributed by atoms with Crippen molar-refractivity contribution in [1.29, 1.82) is 0 Å². The maximum atomic E-state index is 12.7. The Balaban J connectivity index is 1.22. The van der Waals surface area contributed by atoms with Crippen LogP contribution in [-0.4, -0.2) is 25.1 Å². The maximum absolute atomic E-state index is 12.7. The summed E-state index contributed by atoms with van der Waals surface area (Å²) in [5.74, 6) is 0. The molecule has 8 unspecified atom stereocenters. The monoisotopic (exact) mass is 906 g/mol. The van der Waals surface area contributed by atoms with Crippen LogP contribution in [0.4, 0.5) is 0 Å². The summed E-state index contributed by atoms with van der Waals surface area (Å²) < 4.78 is -3.10. The molecule has 10 fully saturated rings. The van der Waals surface area contributed by atoms with Crippen molar-refractivity contribution in [2.45, 2.75) is 44.1 Å². The summed E-state index contributed by atoms with van der Waals surface area (Å²) in [5.41, 5.74) is 13.7. The van der Waals surface area contributed by atoms with Crippen LogP contribution in [0.25, 0.3) is 0 Å². The molecule has 0 radical (unpaired) electrons. The average Bonchev–Trinajstić information content (AvgIpc) is 4.38. The first kappa shape index (κ1) is 35.2. The van der Waals surface area contributed by atoms with E-state index >= 15 is 0 Å². The van der Waals surface area contributed by atoms with Crippen LogP contribution in [0.5, 0.6) is 0 Å². The molecule has 0 saturated carbocycles. The van der Waals surface area contributed by atoms with Gasteiger partial charge in [-0.25, -0.2) is 0 Å². The Morgan fingerprint density at radius 1 is 0.254 bits per heavy atom. The van der Waals surface area contributed by atoms with Crippen LogP contribution < -0.4 is 0 Å². The normalized spacial score (nSPS) is 46.2. The van der Waals surface area contributed by atoms with Crippen LogP contribution in [0.3, 0.4) is 0 Å². The van der Waals surface area contributed by atoms with E-state index in [-0.39, 0.29) is 26.9 Å². The van der Waals surface area contributed by atoms with Gasteiger partial charge in [0.05, 0.1) is 0 Å². The number of fused-ring (bicyclic) bond motifs is 10. The van der Waals surface area contributed by atoms with Crippen molar-refractivity contribution in [2.24, 2.45) is 0 Å². The topological polar surface area (TPSA) is 68.3 Å². The minimum atomic E-state index is -7.02. The summed E-state index contributed by atoms with van der Waals surface area (Å²) in [6.45, 7) is -7.02. The second-order valence-electron chi connectivity index (χ2n) is 22.7. The molecule has 10 aliphatic heterocycles. The van der Waals surface area contributed by atoms with Gasteiger partial charge >= 0.3 is 380 Å². The van der Waals surface area contributed by atoms with Crippen molar-refractivity contribution >= 4 is 25.1 Å². The summed E-state index contributed by atoms with van der Waals surface area (Å²) in [6, 6.07) is 82.3. The first-order chi connectivity index (χ1) is 32.9.